The zero-order valence-electron chi connectivity index (χ0n) is 17.9. The Morgan fingerprint density at radius 2 is 2.10 bits per heavy atom. The summed E-state index contributed by atoms with van der Waals surface area (Å²) >= 11 is 0. The molecule has 1 spiro atoms. The molecule has 2 aliphatic heterocycles. The van der Waals surface area contributed by atoms with Gasteiger partial charge in [0.2, 0.25) is 5.91 Å². The van der Waals surface area contributed by atoms with E-state index in [9.17, 15) is 9.59 Å². The molecular formula is C24H24N2O5. The molecule has 1 atom stereocenters. The van der Waals surface area contributed by atoms with Crippen LogP contribution in [0.2, 0.25) is 0 Å². The van der Waals surface area contributed by atoms with Crippen LogP contribution in [-0.2, 0) is 11.2 Å². The van der Waals surface area contributed by atoms with Crippen LogP contribution in [0.25, 0.3) is 11.0 Å². The molecule has 5 rings (SSSR count). The van der Waals surface area contributed by atoms with E-state index in [1.807, 2.05) is 19.9 Å². The van der Waals surface area contributed by atoms with E-state index >= 15 is 0 Å². The van der Waals surface area contributed by atoms with Crippen LogP contribution >= 0.6 is 0 Å². The minimum Gasteiger partial charge on any atom is -0.497 e. The van der Waals surface area contributed by atoms with Gasteiger partial charge in [-0.2, -0.15) is 0 Å². The highest BCUT2D eigenvalue weighted by molar-refractivity contribution is 6.01. The number of ether oxygens (including phenoxy) is 2. The molecule has 0 bridgehead atoms. The van der Waals surface area contributed by atoms with E-state index in [2.05, 4.69) is 11.2 Å². The first-order valence-corrected chi connectivity index (χ1v) is 10.4. The Morgan fingerprint density at radius 3 is 2.90 bits per heavy atom. The van der Waals surface area contributed by atoms with E-state index in [1.54, 1.807) is 30.2 Å². The van der Waals surface area contributed by atoms with Gasteiger partial charge in [-0.1, -0.05) is 11.2 Å². The molecule has 0 aliphatic carbocycles. The number of ketones is 1. The molecule has 1 fully saturated rings. The number of aromatic nitrogens is 1. The van der Waals surface area contributed by atoms with Crippen molar-refractivity contribution < 1.29 is 23.6 Å². The average molecular weight is 420 g/mol. The molecule has 3 heterocycles. The monoisotopic (exact) mass is 420 g/mol. The number of aryl methyl sites for hydroxylation is 2. The lowest BCUT2D eigenvalue weighted by atomic mass is 9.89. The van der Waals surface area contributed by atoms with Crippen LogP contribution in [0.5, 0.6) is 11.5 Å². The normalized spacial score (nSPS) is 20.2. The van der Waals surface area contributed by atoms with Gasteiger partial charge in [-0.25, -0.2) is 0 Å². The number of carbonyl (C=O) groups is 2. The van der Waals surface area contributed by atoms with Crippen LogP contribution in [0.3, 0.4) is 0 Å². The predicted molar refractivity (Wildman–Crippen MR) is 114 cm³/mol. The summed E-state index contributed by atoms with van der Waals surface area (Å²) in [6.07, 6.45) is 1.03. The van der Waals surface area contributed by atoms with Crippen LogP contribution < -0.4 is 9.47 Å². The predicted octanol–water partition coefficient (Wildman–Crippen LogP) is 3.63. The minimum absolute atomic E-state index is 0.0166. The van der Waals surface area contributed by atoms with Gasteiger partial charge in [0.15, 0.2) is 11.4 Å². The Balaban J connectivity index is 1.34. The third kappa shape index (κ3) is 3.34. The summed E-state index contributed by atoms with van der Waals surface area (Å²) in [4.78, 5) is 27.6. The number of methoxy groups -OCH3 is 1. The van der Waals surface area contributed by atoms with Gasteiger partial charge in [-0.05, 0) is 49.2 Å². The van der Waals surface area contributed by atoms with Gasteiger partial charge in [-0.3, -0.25) is 9.59 Å². The molecule has 31 heavy (non-hydrogen) atoms. The van der Waals surface area contributed by atoms with Crippen molar-refractivity contribution in [3.05, 3.63) is 52.7 Å². The van der Waals surface area contributed by atoms with Crippen molar-refractivity contribution in [1.82, 2.24) is 10.1 Å². The van der Waals surface area contributed by atoms with Crippen molar-refractivity contribution in [2.75, 3.05) is 20.2 Å². The molecular weight excluding hydrogens is 396 g/mol. The van der Waals surface area contributed by atoms with E-state index in [-0.39, 0.29) is 24.5 Å². The Hall–Kier alpha value is -3.35. The van der Waals surface area contributed by atoms with Crippen LogP contribution in [0.4, 0.5) is 0 Å². The quantitative estimate of drug-likeness (QED) is 0.644. The number of benzene rings is 2. The third-order valence-corrected chi connectivity index (χ3v) is 6.27. The van der Waals surface area contributed by atoms with E-state index in [0.29, 0.717) is 47.8 Å². The van der Waals surface area contributed by atoms with Crippen LogP contribution in [0, 0.1) is 13.8 Å². The Labute approximate surface area is 179 Å². The van der Waals surface area contributed by atoms with Gasteiger partial charge in [0.1, 0.15) is 22.8 Å². The van der Waals surface area contributed by atoms with Crippen molar-refractivity contribution >= 4 is 22.7 Å². The average Bonchev–Trinajstić information content (AvgIpc) is 3.32. The molecule has 7 heteroatoms. The first kappa shape index (κ1) is 19.6. The van der Waals surface area contributed by atoms with Gasteiger partial charge >= 0.3 is 0 Å². The number of likely N-dealkylation sites (tertiary alicyclic amines) is 1. The fourth-order valence-electron chi connectivity index (χ4n) is 4.78. The summed E-state index contributed by atoms with van der Waals surface area (Å²) in [6, 6.07) is 9.25. The number of fused-ring (bicyclic) bond motifs is 2. The van der Waals surface area contributed by atoms with Crippen LogP contribution in [-0.4, -0.2) is 47.5 Å². The van der Waals surface area contributed by atoms with Crippen molar-refractivity contribution in [1.29, 1.82) is 0 Å². The Morgan fingerprint density at radius 1 is 1.26 bits per heavy atom. The molecule has 1 aromatic heterocycles. The van der Waals surface area contributed by atoms with Crippen molar-refractivity contribution in [3.8, 4) is 11.5 Å². The highest BCUT2D eigenvalue weighted by Gasteiger charge is 2.47. The molecule has 1 saturated heterocycles. The Kier molecular flexibility index (Phi) is 4.50. The van der Waals surface area contributed by atoms with Crippen molar-refractivity contribution in [2.24, 2.45) is 0 Å². The lowest BCUT2D eigenvalue weighted by molar-refractivity contribution is -0.130. The molecule has 0 saturated carbocycles. The maximum Gasteiger partial charge on any atom is 0.228 e. The summed E-state index contributed by atoms with van der Waals surface area (Å²) in [5, 5.41) is 5.05. The largest absolute Gasteiger partial charge is 0.497 e. The van der Waals surface area contributed by atoms with Crippen molar-refractivity contribution in [2.45, 2.75) is 38.7 Å². The summed E-state index contributed by atoms with van der Waals surface area (Å²) in [5.41, 5.74) is 3.35. The smallest absolute Gasteiger partial charge is 0.228 e. The first-order chi connectivity index (χ1) is 14.9. The molecule has 0 radical (unpaired) electrons. The fraction of sp³-hybridized carbons (Fsp3) is 0.375. The van der Waals surface area contributed by atoms with E-state index < -0.39 is 5.60 Å². The van der Waals surface area contributed by atoms with Gasteiger partial charge in [0.05, 0.1) is 32.1 Å². The third-order valence-electron chi connectivity index (χ3n) is 6.27. The SMILES string of the molecule is COc1ccc2c(c1)C(=O)CC1(CCN(C(=O)Cc3noc4cc(C)cc(C)c34)C1)O2. The molecule has 7 nitrogen and oxygen atoms in total. The number of amides is 1. The molecule has 3 aromatic rings. The standard InChI is InChI=1S/C24H24N2O5/c1-14-8-15(2)23-18(25-31-21(23)9-14)11-22(28)26-7-6-24(13-26)12-19(27)17-10-16(29-3)4-5-20(17)30-24/h4-5,8-10H,6-7,11-13H2,1-3H3. The van der Waals surface area contributed by atoms with Gasteiger partial charge in [-0.15, -0.1) is 0 Å². The lowest BCUT2D eigenvalue weighted by Gasteiger charge is -2.34. The van der Waals surface area contributed by atoms with Crippen LogP contribution in [0.1, 0.15) is 40.0 Å². The second kappa shape index (κ2) is 7.11. The second-order valence-electron chi connectivity index (χ2n) is 8.57. The van der Waals surface area contributed by atoms with E-state index in [0.717, 1.165) is 16.5 Å². The number of hydrogen-bond acceptors (Lipinski definition) is 6. The van der Waals surface area contributed by atoms with Gasteiger partial charge < -0.3 is 18.9 Å². The fourth-order valence-corrected chi connectivity index (χ4v) is 4.78. The summed E-state index contributed by atoms with van der Waals surface area (Å²) in [6.45, 7) is 4.94. The molecule has 0 N–H and O–H groups in total. The van der Waals surface area contributed by atoms with Crippen LogP contribution in [0.15, 0.2) is 34.9 Å². The zero-order valence-corrected chi connectivity index (χ0v) is 17.9. The van der Waals surface area contributed by atoms with E-state index in [4.69, 9.17) is 14.0 Å². The second-order valence-corrected chi connectivity index (χ2v) is 8.57. The highest BCUT2D eigenvalue weighted by Crippen LogP contribution is 2.40. The number of nitrogens with zero attached hydrogens (tertiary/aromatic N) is 2. The summed E-state index contributed by atoms with van der Waals surface area (Å²) < 4.78 is 16.9. The first-order valence-electron chi connectivity index (χ1n) is 10.4. The highest BCUT2D eigenvalue weighted by atomic mass is 16.5. The maximum absolute atomic E-state index is 13.1. The zero-order chi connectivity index (χ0) is 21.8. The topological polar surface area (TPSA) is 81.9 Å². The maximum atomic E-state index is 13.1. The molecule has 160 valence electrons. The van der Waals surface area contributed by atoms with Gasteiger partial charge in [0, 0.05) is 18.4 Å². The lowest BCUT2D eigenvalue weighted by Crippen LogP contribution is -2.45. The summed E-state index contributed by atoms with van der Waals surface area (Å²) in [5.74, 6) is 1.16. The summed E-state index contributed by atoms with van der Waals surface area (Å²) in [7, 11) is 1.57. The number of hydrogen-bond donors (Lipinski definition) is 0. The molecule has 2 aliphatic rings. The molecule has 2 aromatic carbocycles. The number of carbonyl (C=O) groups excluding carboxylic acids is 2. The van der Waals surface area contributed by atoms with Crippen molar-refractivity contribution in [3.63, 3.8) is 0 Å². The number of Topliss-reactive ketones (excluding diaryl/α,β-unsaturated/α-hetero) is 1. The van der Waals surface area contributed by atoms with Gasteiger partial charge in [0.25, 0.3) is 0 Å². The Bertz CT molecular complexity index is 1210. The van der Waals surface area contributed by atoms with E-state index in [1.165, 1.54) is 0 Å². The molecule has 1 amide bonds. The number of rotatable bonds is 3. The minimum atomic E-state index is -0.673. The molecule has 1 unspecified atom stereocenters.